The number of nitrogens with zero attached hydrogens (tertiary/aromatic N) is 3. The van der Waals surface area contributed by atoms with E-state index in [0.717, 1.165) is 12.1 Å². The Balaban J connectivity index is 1.71. The first-order chi connectivity index (χ1) is 13.2. The van der Waals surface area contributed by atoms with Crippen molar-refractivity contribution in [3.8, 4) is 5.75 Å². The molecule has 2 aromatic carbocycles. The minimum atomic E-state index is -5.02. The van der Waals surface area contributed by atoms with Gasteiger partial charge in [-0.05, 0) is 24.3 Å². The standard InChI is InChI=1S/C18H16F3N3O4/c19-18(20,21)28-16-7-6-14(12-15(16)24(26)27)22-8-10-23(11-9-22)17(25)13-4-2-1-3-5-13/h1-7,12H,8-11H2. The van der Waals surface area contributed by atoms with E-state index in [4.69, 9.17) is 0 Å². The summed E-state index contributed by atoms with van der Waals surface area (Å²) < 4.78 is 40.9. The number of benzene rings is 2. The molecule has 1 heterocycles. The van der Waals surface area contributed by atoms with Gasteiger partial charge in [0.1, 0.15) is 0 Å². The van der Waals surface area contributed by atoms with Gasteiger partial charge in [0.2, 0.25) is 5.75 Å². The number of carbonyl (C=O) groups is 1. The first-order valence-corrected chi connectivity index (χ1v) is 8.38. The number of piperazine rings is 1. The molecule has 0 aliphatic carbocycles. The van der Waals surface area contributed by atoms with Crippen LogP contribution in [-0.2, 0) is 0 Å². The van der Waals surface area contributed by atoms with Gasteiger partial charge in [-0.25, -0.2) is 0 Å². The van der Waals surface area contributed by atoms with E-state index in [0.29, 0.717) is 37.4 Å². The van der Waals surface area contributed by atoms with Crippen LogP contribution in [0.4, 0.5) is 24.5 Å². The molecular weight excluding hydrogens is 379 g/mol. The Bertz CT molecular complexity index is 866. The third kappa shape index (κ3) is 4.51. The number of carbonyl (C=O) groups excluding carboxylic acids is 1. The maximum absolute atomic E-state index is 12.5. The molecule has 148 valence electrons. The highest BCUT2D eigenvalue weighted by Crippen LogP contribution is 2.35. The van der Waals surface area contributed by atoms with Gasteiger partial charge in [-0.2, -0.15) is 0 Å². The minimum absolute atomic E-state index is 0.111. The Kier molecular flexibility index (Phi) is 5.39. The van der Waals surface area contributed by atoms with Crippen molar-refractivity contribution in [2.45, 2.75) is 6.36 Å². The van der Waals surface area contributed by atoms with E-state index in [2.05, 4.69) is 4.74 Å². The van der Waals surface area contributed by atoms with Crippen LogP contribution in [0.1, 0.15) is 10.4 Å². The van der Waals surface area contributed by atoms with E-state index >= 15 is 0 Å². The highest BCUT2D eigenvalue weighted by molar-refractivity contribution is 5.94. The lowest BCUT2D eigenvalue weighted by atomic mass is 10.1. The lowest BCUT2D eigenvalue weighted by molar-refractivity contribution is -0.388. The van der Waals surface area contributed by atoms with Crippen molar-refractivity contribution in [2.24, 2.45) is 0 Å². The Morgan fingerprint density at radius 1 is 1.04 bits per heavy atom. The lowest BCUT2D eigenvalue weighted by Gasteiger charge is -2.36. The normalized spacial score (nSPS) is 14.7. The van der Waals surface area contributed by atoms with Gasteiger partial charge < -0.3 is 14.5 Å². The molecule has 0 bridgehead atoms. The second kappa shape index (κ2) is 7.75. The van der Waals surface area contributed by atoms with Gasteiger partial charge in [0.15, 0.2) is 0 Å². The maximum Gasteiger partial charge on any atom is 0.573 e. The fourth-order valence-electron chi connectivity index (χ4n) is 2.99. The molecule has 0 aromatic heterocycles. The summed E-state index contributed by atoms with van der Waals surface area (Å²) in [5.74, 6) is -0.973. The van der Waals surface area contributed by atoms with Crippen molar-refractivity contribution in [2.75, 3.05) is 31.1 Å². The van der Waals surface area contributed by atoms with E-state index in [1.165, 1.54) is 6.07 Å². The molecular formula is C18H16F3N3O4. The van der Waals surface area contributed by atoms with E-state index < -0.39 is 22.7 Å². The number of hydrogen-bond acceptors (Lipinski definition) is 5. The molecule has 2 aromatic rings. The fourth-order valence-corrected chi connectivity index (χ4v) is 2.99. The van der Waals surface area contributed by atoms with Crippen LogP contribution in [0.2, 0.25) is 0 Å². The van der Waals surface area contributed by atoms with Crippen molar-refractivity contribution in [1.29, 1.82) is 0 Å². The van der Waals surface area contributed by atoms with E-state index in [1.54, 1.807) is 34.1 Å². The van der Waals surface area contributed by atoms with Gasteiger partial charge in [-0.15, -0.1) is 13.2 Å². The van der Waals surface area contributed by atoms with Crippen LogP contribution >= 0.6 is 0 Å². The Labute approximate surface area is 158 Å². The summed E-state index contributed by atoms with van der Waals surface area (Å²) >= 11 is 0. The Morgan fingerprint density at radius 3 is 2.25 bits per heavy atom. The van der Waals surface area contributed by atoms with E-state index in [9.17, 15) is 28.1 Å². The third-order valence-corrected chi connectivity index (χ3v) is 4.32. The monoisotopic (exact) mass is 395 g/mol. The number of amides is 1. The van der Waals surface area contributed by atoms with Crippen LogP contribution in [-0.4, -0.2) is 48.3 Å². The molecule has 1 amide bonds. The van der Waals surface area contributed by atoms with Gasteiger partial charge in [-0.1, -0.05) is 18.2 Å². The largest absolute Gasteiger partial charge is 0.573 e. The van der Waals surface area contributed by atoms with Crippen molar-refractivity contribution >= 4 is 17.3 Å². The van der Waals surface area contributed by atoms with Gasteiger partial charge in [0.25, 0.3) is 5.91 Å². The van der Waals surface area contributed by atoms with Gasteiger partial charge in [0, 0.05) is 43.5 Å². The molecule has 0 spiro atoms. The number of halogens is 3. The zero-order chi connectivity index (χ0) is 20.3. The summed E-state index contributed by atoms with van der Waals surface area (Å²) in [6.07, 6.45) is -5.02. The molecule has 28 heavy (non-hydrogen) atoms. The SMILES string of the molecule is O=C(c1ccccc1)N1CCN(c2ccc(OC(F)(F)F)c([N+](=O)[O-])c2)CC1. The van der Waals surface area contributed by atoms with Gasteiger partial charge in [-0.3, -0.25) is 14.9 Å². The quantitative estimate of drug-likeness (QED) is 0.586. The van der Waals surface area contributed by atoms with Crippen LogP contribution in [0.25, 0.3) is 0 Å². The first-order valence-electron chi connectivity index (χ1n) is 8.38. The molecule has 0 atom stereocenters. The average molecular weight is 395 g/mol. The van der Waals surface area contributed by atoms with Crippen molar-refractivity contribution < 1.29 is 27.6 Å². The number of rotatable bonds is 4. The number of anilines is 1. The topological polar surface area (TPSA) is 75.9 Å². The highest BCUT2D eigenvalue weighted by atomic mass is 19.4. The van der Waals surface area contributed by atoms with E-state index in [1.807, 2.05) is 6.07 Å². The average Bonchev–Trinajstić information content (AvgIpc) is 2.67. The third-order valence-electron chi connectivity index (χ3n) is 4.32. The summed E-state index contributed by atoms with van der Waals surface area (Å²) in [5, 5.41) is 11.1. The van der Waals surface area contributed by atoms with Gasteiger partial charge in [0.05, 0.1) is 4.92 Å². The van der Waals surface area contributed by atoms with Crippen LogP contribution < -0.4 is 9.64 Å². The Morgan fingerprint density at radius 2 is 1.68 bits per heavy atom. The molecule has 7 nitrogen and oxygen atoms in total. The number of alkyl halides is 3. The summed E-state index contributed by atoms with van der Waals surface area (Å²) in [6, 6.07) is 12.1. The lowest BCUT2D eigenvalue weighted by Crippen LogP contribution is -2.48. The van der Waals surface area contributed by atoms with Crippen molar-refractivity contribution in [3.05, 3.63) is 64.2 Å². The second-order valence-electron chi connectivity index (χ2n) is 6.10. The number of ether oxygens (including phenoxy) is 1. The molecule has 0 unspecified atom stereocenters. The van der Waals surface area contributed by atoms with Crippen LogP contribution in [0.3, 0.4) is 0 Å². The highest BCUT2D eigenvalue weighted by Gasteiger charge is 2.35. The molecule has 1 fully saturated rings. The molecule has 0 radical (unpaired) electrons. The van der Waals surface area contributed by atoms with Crippen LogP contribution in [0.15, 0.2) is 48.5 Å². The second-order valence-corrected chi connectivity index (χ2v) is 6.10. The Hall–Kier alpha value is -3.30. The molecule has 1 aliphatic heterocycles. The maximum atomic E-state index is 12.5. The fraction of sp³-hybridized carbons (Fsp3) is 0.278. The molecule has 3 rings (SSSR count). The summed E-state index contributed by atoms with van der Waals surface area (Å²) in [4.78, 5) is 26.1. The van der Waals surface area contributed by atoms with E-state index in [-0.39, 0.29) is 5.91 Å². The number of nitro benzene ring substituents is 1. The summed E-state index contributed by atoms with van der Waals surface area (Å²) in [7, 11) is 0. The minimum Gasteiger partial charge on any atom is -0.398 e. The number of hydrogen-bond donors (Lipinski definition) is 0. The van der Waals surface area contributed by atoms with Crippen molar-refractivity contribution in [1.82, 2.24) is 4.90 Å². The summed E-state index contributed by atoms with van der Waals surface area (Å²) in [5.41, 5.74) is 0.200. The predicted molar refractivity (Wildman–Crippen MR) is 94.3 cm³/mol. The molecule has 10 heteroatoms. The van der Waals surface area contributed by atoms with Crippen molar-refractivity contribution in [3.63, 3.8) is 0 Å². The van der Waals surface area contributed by atoms with Crippen LogP contribution in [0, 0.1) is 10.1 Å². The zero-order valence-corrected chi connectivity index (χ0v) is 14.6. The molecule has 1 saturated heterocycles. The number of nitro groups is 1. The molecule has 0 saturated carbocycles. The molecule has 0 N–H and O–H groups in total. The summed E-state index contributed by atoms with van der Waals surface area (Å²) in [6.45, 7) is 1.58. The van der Waals surface area contributed by atoms with Gasteiger partial charge >= 0.3 is 12.0 Å². The zero-order valence-electron chi connectivity index (χ0n) is 14.6. The molecule has 1 aliphatic rings. The van der Waals surface area contributed by atoms with Crippen LogP contribution in [0.5, 0.6) is 5.75 Å². The predicted octanol–water partition coefficient (Wildman–Crippen LogP) is 3.46. The smallest absolute Gasteiger partial charge is 0.398 e. The first kappa shape index (κ1) is 19.5.